The molecule has 0 bridgehead atoms. The van der Waals surface area contributed by atoms with E-state index in [9.17, 15) is 41.5 Å². The van der Waals surface area contributed by atoms with Gasteiger partial charge in [0.05, 0.1) is 33.9 Å². The maximum Gasteiger partial charge on any atom is 0.249 e. The lowest BCUT2D eigenvalue weighted by Gasteiger charge is -2.34. The third-order valence-electron chi connectivity index (χ3n) is 9.67. The number of methoxy groups -OCH3 is 2. The second-order valence-electron chi connectivity index (χ2n) is 13.9. The van der Waals surface area contributed by atoms with Gasteiger partial charge in [0.1, 0.15) is 46.9 Å². The molecule has 4 aromatic rings. The van der Waals surface area contributed by atoms with Crippen molar-refractivity contribution in [3.05, 3.63) is 119 Å². The van der Waals surface area contributed by atoms with Crippen LogP contribution in [0, 0.1) is 23.3 Å². The van der Waals surface area contributed by atoms with Crippen LogP contribution in [-0.4, -0.2) is 112 Å². The van der Waals surface area contributed by atoms with Gasteiger partial charge in [-0.25, -0.2) is 17.6 Å². The molecule has 0 spiro atoms. The van der Waals surface area contributed by atoms with Crippen molar-refractivity contribution in [2.75, 3.05) is 70.8 Å². The number of piperazine rings is 1. The summed E-state index contributed by atoms with van der Waals surface area (Å²) in [6.45, 7) is -0.880. The number of ether oxygens (including phenoxy) is 2. The van der Waals surface area contributed by atoms with Crippen molar-refractivity contribution in [2.24, 2.45) is 0 Å². The van der Waals surface area contributed by atoms with Crippen molar-refractivity contribution in [3.63, 3.8) is 0 Å². The van der Waals surface area contributed by atoms with E-state index in [1.54, 1.807) is 48.5 Å². The first-order valence-corrected chi connectivity index (χ1v) is 18.4. The quantitative estimate of drug-likeness (QED) is 0.164. The first kappa shape index (κ1) is 43.6. The molecule has 0 aliphatic carbocycles. The van der Waals surface area contributed by atoms with Crippen molar-refractivity contribution in [3.8, 4) is 11.5 Å². The number of hydrogen-bond acceptors (Lipinski definition) is 8. The molecular weight excluding hydrogens is 776 g/mol. The van der Waals surface area contributed by atoms with Gasteiger partial charge >= 0.3 is 0 Å². The van der Waals surface area contributed by atoms with Gasteiger partial charge in [0.2, 0.25) is 29.5 Å². The van der Waals surface area contributed by atoms with Gasteiger partial charge in [-0.1, -0.05) is 0 Å². The van der Waals surface area contributed by atoms with Crippen LogP contribution in [0.5, 0.6) is 11.5 Å². The maximum atomic E-state index is 14.1. The zero-order valence-corrected chi connectivity index (χ0v) is 32.8. The van der Waals surface area contributed by atoms with Crippen LogP contribution in [-0.2, 0) is 36.8 Å². The summed E-state index contributed by atoms with van der Waals surface area (Å²) in [4.78, 5) is 72.7. The minimum absolute atomic E-state index is 0.0180. The Morgan fingerprint density at radius 1 is 0.627 bits per heavy atom. The Morgan fingerprint density at radius 3 is 1.39 bits per heavy atom. The van der Waals surface area contributed by atoms with Gasteiger partial charge in [0, 0.05) is 63.5 Å². The lowest BCUT2D eigenvalue weighted by Crippen LogP contribution is -2.57. The fourth-order valence-corrected chi connectivity index (χ4v) is 6.58. The van der Waals surface area contributed by atoms with Crippen molar-refractivity contribution in [2.45, 2.75) is 24.9 Å². The van der Waals surface area contributed by atoms with Crippen LogP contribution < -0.4 is 29.9 Å². The highest BCUT2D eigenvalue weighted by Crippen LogP contribution is 2.22. The van der Waals surface area contributed by atoms with Gasteiger partial charge in [-0.05, 0) is 83.9 Å². The van der Waals surface area contributed by atoms with Crippen molar-refractivity contribution in [1.82, 2.24) is 20.4 Å². The number of halogens is 4. The molecule has 2 N–H and O–H groups in total. The molecule has 0 radical (unpaired) electrons. The topological polar surface area (TPSA) is 141 Å². The summed E-state index contributed by atoms with van der Waals surface area (Å²) in [6, 6.07) is 16.2. The summed E-state index contributed by atoms with van der Waals surface area (Å²) >= 11 is 0. The molecule has 1 aliphatic rings. The van der Waals surface area contributed by atoms with Crippen LogP contribution in [0.1, 0.15) is 11.1 Å². The molecule has 5 amide bonds. The van der Waals surface area contributed by atoms with E-state index in [1.165, 1.54) is 47.9 Å². The van der Waals surface area contributed by atoms with Gasteiger partial charge in [-0.15, -0.1) is 0 Å². The van der Waals surface area contributed by atoms with Crippen LogP contribution in [0.15, 0.2) is 84.9 Å². The minimum atomic E-state index is -1.28. The highest BCUT2D eigenvalue weighted by molar-refractivity contribution is 6.00. The molecule has 4 aromatic carbocycles. The number of carbonyl (C=O) groups is 5. The van der Waals surface area contributed by atoms with E-state index in [-0.39, 0.29) is 50.1 Å². The second-order valence-corrected chi connectivity index (χ2v) is 13.9. The number of nitrogens with zero attached hydrogens (tertiary/aromatic N) is 4. The van der Waals surface area contributed by atoms with E-state index in [0.717, 1.165) is 24.3 Å². The summed E-state index contributed by atoms with van der Waals surface area (Å²) in [5.74, 6) is -5.34. The summed E-state index contributed by atoms with van der Waals surface area (Å²) in [7, 11) is 5.95. The molecule has 5 rings (SSSR count). The predicted octanol–water partition coefficient (Wildman–Crippen LogP) is 3.49. The summed E-state index contributed by atoms with van der Waals surface area (Å²) in [5, 5.41) is 5.26. The highest BCUT2D eigenvalue weighted by Gasteiger charge is 2.32. The third kappa shape index (κ3) is 12.0. The van der Waals surface area contributed by atoms with Crippen LogP contribution >= 0.6 is 0 Å². The number of amides is 5. The van der Waals surface area contributed by atoms with Crippen LogP contribution in [0.4, 0.5) is 28.9 Å². The first-order chi connectivity index (χ1) is 28.1. The van der Waals surface area contributed by atoms with Crippen LogP contribution in [0.25, 0.3) is 0 Å². The second kappa shape index (κ2) is 19.8. The maximum absolute atomic E-state index is 14.1. The zero-order chi connectivity index (χ0) is 42.8. The number of nitrogens with one attached hydrogen (secondary N) is 2. The highest BCUT2D eigenvalue weighted by atomic mass is 19.1. The smallest absolute Gasteiger partial charge is 0.249 e. The average molecular weight is 821 g/mol. The van der Waals surface area contributed by atoms with E-state index < -0.39 is 71.4 Å². The standard InChI is InChI=1S/C42H44F4N6O7/c1-49(32-5-9-34(58-3)10-6-32)41(56)36(19-26-15-28(43)21-29(44)16-26)47-38(53)23-51-13-14-52(40(55)25-51)24-39(54)48-37(20-27-17-30(45)22-31(46)18-27)42(57)50(2)33-7-11-35(59-4)12-8-33/h5-12,15-18,21-22,36-37H,13-14,19-20,23-25H2,1-4H3,(H,47,53)(H,48,54)/t36-,37-/m0/s1. The Hall–Kier alpha value is -6.49. The van der Waals surface area contributed by atoms with E-state index in [2.05, 4.69) is 10.6 Å². The predicted molar refractivity (Wildman–Crippen MR) is 210 cm³/mol. The monoisotopic (exact) mass is 820 g/mol. The van der Waals surface area contributed by atoms with E-state index in [4.69, 9.17) is 9.47 Å². The van der Waals surface area contributed by atoms with E-state index >= 15 is 0 Å². The number of benzene rings is 4. The largest absolute Gasteiger partial charge is 0.497 e. The number of rotatable bonds is 16. The normalized spacial score (nSPS) is 13.9. The molecule has 0 aromatic heterocycles. The molecule has 13 nitrogen and oxygen atoms in total. The molecule has 312 valence electrons. The Balaban J connectivity index is 1.22. The van der Waals surface area contributed by atoms with Gasteiger partial charge in [-0.3, -0.25) is 28.9 Å². The van der Waals surface area contributed by atoms with Crippen LogP contribution in [0.3, 0.4) is 0 Å². The molecule has 1 fully saturated rings. The minimum Gasteiger partial charge on any atom is -0.497 e. The van der Waals surface area contributed by atoms with Crippen molar-refractivity contribution in [1.29, 1.82) is 0 Å². The lowest BCUT2D eigenvalue weighted by molar-refractivity contribution is -0.141. The van der Waals surface area contributed by atoms with E-state index in [1.807, 2.05) is 0 Å². The molecule has 17 heteroatoms. The molecule has 2 atom stereocenters. The molecule has 0 saturated carbocycles. The van der Waals surface area contributed by atoms with Gasteiger partial charge < -0.3 is 34.8 Å². The molecule has 1 saturated heterocycles. The van der Waals surface area contributed by atoms with Gasteiger partial charge in [-0.2, -0.15) is 0 Å². The number of anilines is 2. The molecule has 0 unspecified atom stereocenters. The van der Waals surface area contributed by atoms with Crippen molar-refractivity contribution >= 4 is 40.9 Å². The van der Waals surface area contributed by atoms with E-state index in [0.29, 0.717) is 35.0 Å². The van der Waals surface area contributed by atoms with Crippen molar-refractivity contribution < 1.29 is 51.0 Å². The molecule has 59 heavy (non-hydrogen) atoms. The summed E-state index contributed by atoms with van der Waals surface area (Å²) in [5.41, 5.74) is 1.17. The summed E-state index contributed by atoms with van der Waals surface area (Å²) < 4.78 is 66.6. The third-order valence-corrected chi connectivity index (χ3v) is 9.67. The molecule has 1 heterocycles. The number of hydrogen-bond donors (Lipinski definition) is 2. The van der Waals surface area contributed by atoms with Crippen LogP contribution in [0.2, 0.25) is 0 Å². The average Bonchev–Trinajstić information content (AvgIpc) is 3.19. The Labute approximate surface area is 338 Å². The number of likely N-dealkylation sites (N-methyl/N-ethyl adjacent to an activating group) is 2. The van der Waals surface area contributed by atoms with Gasteiger partial charge in [0.15, 0.2) is 0 Å². The SMILES string of the molecule is COc1ccc(N(C)C(=O)[C@H](Cc2cc(F)cc(F)c2)NC(=O)CN2CCN(CC(=O)N[C@@H](Cc3cc(F)cc(F)c3)C(=O)N(C)c3ccc(OC)cc3)C(=O)C2)cc1. The Bertz CT molecular complexity index is 2120. The lowest BCUT2D eigenvalue weighted by atomic mass is 10.0. The number of carbonyl (C=O) groups excluding carboxylic acids is 5. The Morgan fingerprint density at radius 2 is 1.02 bits per heavy atom. The fourth-order valence-electron chi connectivity index (χ4n) is 6.58. The zero-order valence-electron chi connectivity index (χ0n) is 32.8. The van der Waals surface area contributed by atoms with Gasteiger partial charge in [0.25, 0.3) is 0 Å². The first-order valence-electron chi connectivity index (χ1n) is 18.4. The molecule has 1 aliphatic heterocycles. The fraction of sp³-hybridized carbons (Fsp3) is 0.310. The summed E-state index contributed by atoms with van der Waals surface area (Å²) in [6.07, 6.45) is -0.501. The molecular formula is C42H44F4N6O7. The Kier molecular flexibility index (Phi) is 14.6.